The van der Waals surface area contributed by atoms with Gasteiger partial charge in [0.15, 0.2) is 0 Å². The first-order chi connectivity index (χ1) is 20.3. The van der Waals surface area contributed by atoms with E-state index in [1.807, 2.05) is 52.0 Å². The third-order valence-corrected chi connectivity index (χ3v) is 10.5. The highest BCUT2D eigenvalue weighted by Gasteiger charge is 2.27. The van der Waals surface area contributed by atoms with Gasteiger partial charge in [-0.2, -0.15) is 0 Å². The number of carbonyl (C=O) groups is 1. The van der Waals surface area contributed by atoms with E-state index >= 15 is 0 Å². The van der Waals surface area contributed by atoms with Gasteiger partial charge in [-0.05, 0) is 75.8 Å². The van der Waals surface area contributed by atoms with Crippen LogP contribution in [0.4, 0.5) is 10.6 Å². The maximum absolute atomic E-state index is 12.9. The van der Waals surface area contributed by atoms with Crippen molar-refractivity contribution in [2.24, 2.45) is 0 Å². The number of thiophene rings is 1. The Morgan fingerprint density at radius 3 is 2.60 bits per heavy atom. The van der Waals surface area contributed by atoms with Gasteiger partial charge < -0.3 is 19.9 Å². The number of fused-ring (bicyclic) bond motifs is 1. The van der Waals surface area contributed by atoms with E-state index in [1.54, 1.807) is 23.3 Å². The molecule has 0 aliphatic carbocycles. The highest BCUT2D eigenvalue weighted by atomic mass is 32.2. The van der Waals surface area contributed by atoms with Gasteiger partial charge in [0.1, 0.15) is 33.2 Å². The molecular formula is C31H37N5O5S2. The fraction of sp³-hybridized carbons (Fsp3) is 0.419. The number of amides is 1. The molecule has 1 aromatic carbocycles. The summed E-state index contributed by atoms with van der Waals surface area (Å²) >= 11 is 1.65. The number of aromatic nitrogens is 3. The van der Waals surface area contributed by atoms with E-state index in [1.165, 1.54) is 6.33 Å². The molecule has 4 heterocycles. The normalized spacial score (nSPS) is 16.1. The summed E-state index contributed by atoms with van der Waals surface area (Å²) in [4.78, 5) is 40.8. The Morgan fingerprint density at radius 1 is 1.16 bits per heavy atom. The average molecular weight is 624 g/mol. The third-order valence-electron chi connectivity index (χ3n) is 7.47. The maximum atomic E-state index is 12.9. The maximum Gasteiger partial charge on any atom is 0.410 e. The van der Waals surface area contributed by atoms with Gasteiger partial charge in [0.25, 0.3) is 5.56 Å². The van der Waals surface area contributed by atoms with Crippen LogP contribution in [-0.2, 0) is 21.1 Å². The van der Waals surface area contributed by atoms with E-state index in [4.69, 9.17) is 4.74 Å². The number of anilines is 1. The topological polar surface area (TPSA) is 134 Å². The predicted molar refractivity (Wildman–Crippen MR) is 170 cm³/mol. The Bertz CT molecular complexity index is 1800. The van der Waals surface area contributed by atoms with Crippen LogP contribution in [0.5, 0.6) is 0 Å². The molecule has 5 rings (SSSR count). The summed E-state index contributed by atoms with van der Waals surface area (Å²) in [7, 11) is -1.31. The summed E-state index contributed by atoms with van der Waals surface area (Å²) in [6.45, 7) is 8.01. The number of H-pyrrole nitrogens is 1. The van der Waals surface area contributed by atoms with Crippen LogP contribution < -0.4 is 10.9 Å². The van der Waals surface area contributed by atoms with Crippen molar-refractivity contribution in [3.05, 3.63) is 75.1 Å². The standard InChI is InChI=1S/C31H37N5O5S2/c1-19(25-10-11-26(42-25)22-9-7-6-8-21(22)17-36(5)30(38)41-31(2,3)4)34-27-24-16-23(20-12-14-43(39,40)15-13-20)29(37)35-28(24)33-18-32-27/h6-11,16,18-20H,12-15,17H2,1-5H3,(H2,32,33,34,35,37)/t19-/m1/s1. The number of ether oxygens (including phenoxy) is 1. The number of benzene rings is 1. The zero-order valence-corrected chi connectivity index (χ0v) is 26.6. The minimum atomic E-state index is -3.04. The summed E-state index contributed by atoms with van der Waals surface area (Å²) in [5.74, 6) is 0.636. The first kappa shape index (κ1) is 30.7. The van der Waals surface area contributed by atoms with Crippen LogP contribution in [0.15, 0.2) is 53.6 Å². The Balaban J connectivity index is 1.36. The number of nitrogens with one attached hydrogen (secondary N) is 2. The quantitative estimate of drug-likeness (QED) is 0.261. The smallest absolute Gasteiger partial charge is 0.410 e. The lowest BCUT2D eigenvalue weighted by Crippen LogP contribution is -2.33. The fourth-order valence-electron chi connectivity index (χ4n) is 5.22. The number of nitrogens with zero attached hydrogens (tertiary/aromatic N) is 3. The minimum Gasteiger partial charge on any atom is -0.444 e. The molecule has 0 bridgehead atoms. The summed E-state index contributed by atoms with van der Waals surface area (Å²) in [5, 5.41) is 4.17. The minimum absolute atomic E-state index is 0.0870. The van der Waals surface area contributed by atoms with E-state index in [2.05, 4.69) is 38.5 Å². The van der Waals surface area contributed by atoms with Gasteiger partial charge in [0.2, 0.25) is 0 Å². The van der Waals surface area contributed by atoms with Crippen LogP contribution in [0.1, 0.15) is 68.5 Å². The van der Waals surface area contributed by atoms with Crippen molar-refractivity contribution in [3.8, 4) is 10.4 Å². The molecule has 1 aliphatic rings. The van der Waals surface area contributed by atoms with Crippen LogP contribution in [0, 0.1) is 0 Å². The molecule has 0 unspecified atom stereocenters. The monoisotopic (exact) mass is 623 g/mol. The molecule has 3 aromatic heterocycles. The lowest BCUT2D eigenvalue weighted by molar-refractivity contribution is 0.0285. The fourth-order valence-corrected chi connectivity index (χ4v) is 7.78. The van der Waals surface area contributed by atoms with E-state index in [-0.39, 0.29) is 35.1 Å². The van der Waals surface area contributed by atoms with Crippen molar-refractivity contribution < 1.29 is 17.9 Å². The summed E-state index contributed by atoms with van der Waals surface area (Å²) < 4.78 is 29.4. The molecular weight excluding hydrogens is 587 g/mol. The zero-order valence-electron chi connectivity index (χ0n) is 25.0. The molecule has 1 aliphatic heterocycles. The molecule has 0 spiro atoms. The van der Waals surface area contributed by atoms with Gasteiger partial charge in [-0.1, -0.05) is 24.3 Å². The summed E-state index contributed by atoms with van der Waals surface area (Å²) in [6.07, 6.45) is 1.90. The van der Waals surface area contributed by atoms with Crippen LogP contribution in [-0.4, -0.2) is 58.5 Å². The average Bonchev–Trinajstić information content (AvgIpc) is 3.43. The number of sulfone groups is 1. The van der Waals surface area contributed by atoms with Gasteiger partial charge in [0.05, 0.1) is 22.9 Å². The van der Waals surface area contributed by atoms with Gasteiger partial charge in [-0.3, -0.25) is 4.79 Å². The first-order valence-corrected chi connectivity index (χ1v) is 16.9. The predicted octanol–water partition coefficient (Wildman–Crippen LogP) is 5.88. The molecule has 0 saturated carbocycles. The van der Waals surface area contributed by atoms with Crippen molar-refractivity contribution in [2.45, 2.75) is 64.6 Å². The van der Waals surface area contributed by atoms with E-state index < -0.39 is 15.4 Å². The van der Waals surface area contributed by atoms with Crippen molar-refractivity contribution in [3.63, 3.8) is 0 Å². The summed E-state index contributed by atoms with van der Waals surface area (Å²) in [5.41, 5.74) is 2.25. The number of hydrogen-bond donors (Lipinski definition) is 2. The number of aromatic amines is 1. The Kier molecular flexibility index (Phi) is 8.62. The molecule has 43 heavy (non-hydrogen) atoms. The van der Waals surface area contributed by atoms with Gasteiger partial charge in [-0.15, -0.1) is 11.3 Å². The molecule has 1 amide bonds. The molecule has 12 heteroatoms. The molecule has 1 saturated heterocycles. The van der Waals surface area contributed by atoms with Crippen LogP contribution in [0.3, 0.4) is 0 Å². The zero-order chi connectivity index (χ0) is 30.9. The van der Waals surface area contributed by atoms with Crippen molar-refractivity contribution in [1.29, 1.82) is 0 Å². The Hall–Kier alpha value is -3.77. The number of rotatable bonds is 7. The molecule has 1 fully saturated rings. The second kappa shape index (κ2) is 12.1. The van der Waals surface area contributed by atoms with Crippen molar-refractivity contribution >= 4 is 44.1 Å². The molecule has 10 nitrogen and oxygen atoms in total. The third kappa shape index (κ3) is 7.24. The van der Waals surface area contributed by atoms with Gasteiger partial charge >= 0.3 is 6.09 Å². The second-order valence-electron chi connectivity index (χ2n) is 12.0. The second-order valence-corrected chi connectivity index (χ2v) is 15.4. The van der Waals surface area contributed by atoms with Crippen molar-refractivity contribution in [1.82, 2.24) is 19.9 Å². The van der Waals surface area contributed by atoms with Crippen molar-refractivity contribution in [2.75, 3.05) is 23.9 Å². The lowest BCUT2D eigenvalue weighted by atomic mass is 9.94. The lowest BCUT2D eigenvalue weighted by Gasteiger charge is -2.25. The number of hydrogen-bond acceptors (Lipinski definition) is 9. The largest absolute Gasteiger partial charge is 0.444 e. The van der Waals surface area contributed by atoms with E-state index in [0.717, 1.165) is 20.9 Å². The van der Waals surface area contributed by atoms with Crippen LogP contribution >= 0.6 is 11.3 Å². The highest BCUT2D eigenvalue weighted by Crippen LogP contribution is 2.36. The van der Waals surface area contributed by atoms with Gasteiger partial charge in [-0.25, -0.2) is 23.2 Å². The van der Waals surface area contributed by atoms with E-state index in [0.29, 0.717) is 41.8 Å². The molecule has 0 radical (unpaired) electrons. The van der Waals surface area contributed by atoms with E-state index in [9.17, 15) is 18.0 Å². The molecule has 228 valence electrons. The van der Waals surface area contributed by atoms with Crippen LogP contribution in [0.2, 0.25) is 0 Å². The number of pyridine rings is 1. The molecule has 4 aromatic rings. The van der Waals surface area contributed by atoms with Gasteiger partial charge in [0, 0.05) is 28.9 Å². The first-order valence-electron chi connectivity index (χ1n) is 14.3. The Morgan fingerprint density at radius 2 is 1.88 bits per heavy atom. The summed E-state index contributed by atoms with van der Waals surface area (Å²) in [6, 6.07) is 13.9. The highest BCUT2D eigenvalue weighted by molar-refractivity contribution is 7.91. The number of carbonyl (C=O) groups excluding carboxylic acids is 1. The van der Waals surface area contributed by atoms with Crippen LogP contribution in [0.25, 0.3) is 21.5 Å². The molecule has 2 N–H and O–H groups in total. The molecule has 1 atom stereocenters. The SMILES string of the molecule is C[C@@H](Nc1ncnc2[nH]c(=O)c(C3CCS(=O)(=O)CC3)cc12)c1ccc(-c2ccccc2CN(C)C(=O)OC(C)(C)C)s1. The Labute approximate surface area is 255 Å².